The lowest BCUT2D eigenvalue weighted by molar-refractivity contribution is -0.129. The zero-order valence-electron chi connectivity index (χ0n) is 10.7. The molecule has 1 unspecified atom stereocenters. The minimum absolute atomic E-state index is 0.0132. The summed E-state index contributed by atoms with van der Waals surface area (Å²) in [6.07, 6.45) is 3.56. The molecule has 3 amide bonds. The fourth-order valence-corrected chi connectivity index (χ4v) is 2.62. The Morgan fingerprint density at radius 2 is 2.00 bits per heavy atom. The van der Waals surface area contributed by atoms with E-state index in [0.29, 0.717) is 0 Å². The van der Waals surface area contributed by atoms with Gasteiger partial charge in [-0.1, -0.05) is 0 Å². The Hall–Kier alpha value is -1.95. The number of imide groups is 1. The van der Waals surface area contributed by atoms with Crippen molar-refractivity contribution in [3.63, 3.8) is 0 Å². The molecule has 1 aromatic heterocycles. The van der Waals surface area contributed by atoms with Crippen LogP contribution >= 0.6 is 0 Å². The first-order valence-electron chi connectivity index (χ1n) is 6.40. The molecule has 2 aliphatic rings. The molecule has 3 rings (SSSR count). The maximum Gasteiger partial charge on any atom is 0.324 e. The normalized spacial score (nSPS) is 22.3. The van der Waals surface area contributed by atoms with Gasteiger partial charge >= 0.3 is 6.03 Å². The number of nitrogens with zero attached hydrogens (tertiary/aromatic N) is 3. The van der Waals surface area contributed by atoms with E-state index in [1.807, 2.05) is 12.1 Å². The van der Waals surface area contributed by atoms with Crippen LogP contribution in [0.2, 0.25) is 0 Å². The van der Waals surface area contributed by atoms with E-state index in [9.17, 15) is 9.59 Å². The van der Waals surface area contributed by atoms with Crippen LogP contribution in [0, 0.1) is 0 Å². The van der Waals surface area contributed by atoms with Crippen molar-refractivity contribution in [3.05, 3.63) is 30.1 Å². The van der Waals surface area contributed by atoms with Crippen LogP contribution in [-0.2, 0) is 4.79 Å². The van der Waals surface area contributed by atoms with Gasteiger partial charge in [0.15, 0.2) is 0 Å². The predicted octanol–water partition coefficient (Wildman–Crippen LogP) is 0.379. The first-order chi connectivity index (χ1) is 9.16. The summed E-state index contributed by atoms with van der Waals surface area (Å²) in [5, 5.41) is 2.55. The number of rotatable bonds is 3. The Morgan fingerprint density at radius 3 is 2.58 bits per heavy atom. The van der Waals surface area contributed by atoms with Crippen molar-refractivity contribution < 1.29 is 9.59 Å². The highest BCUT2D eigenvalue weighted by Gasteiger charge is 2.42. The Bertz CT molecular complexity index is 483. The molecule has 2 aliphatic heterocycles. The molecule has 1 aromatic rings. The molecule has 0 saturated carbocycles. The molecule has 6 heteroatoms. The summed E-state index contributed by atoms with van der Waals surface area (Å²) in [6.45, 7) is 3.73. The van der Waals surface area contributed by atoms with Crippen LogP contribution in [0.25, 0.3) is 0 Å². The SMILES string of the molecule is CC(c1ccncc1)N1CC(N2C(=O)CNC2=O)C1. The summed E-state index contributed by atoms with van der Waals surface area (Å²) in [4.78, 5) is 30.7. The number of hydrogen-bond donors (Lipinski definition) is 1. The average Bonchev–Trinajstić information content (AvgIpc) is 2.70. The Morgan fingerprint density at radius 1 is 1.32 bits per heavy atom. The van der Waals surface area contributed by atoms with Gasteiger partial charge in [-0.2, -0.15) is 0 Å². The van der Waals surface area contributed by atoms with Crippen molar-refractivity contribution >= 4 is 11.9 Å². The van der Waals surface area contributed by atoms with E-state index in [1.165, 1.54) is 10.5 Å². The van der Waals surface area contributed by atoms with Gasteiger partial charge in [0.2, 0.25) is 5.91 Å². The van der Waals surface area contributed by atoms with Crippen molar-refractivity contribution in [1.29, 1.82) is 0 Å². The lowest BCUT2D eigenvalue weighted by atomic mass is 10.0. The summed E-state index contributed by atoms with van der Waals surface area (Å²) in [7, 11) is 0. The van der Waals surface area contributed by atoms with Gasteiger partial charge in [0, 0.05) is 31.5 Å². The largest absolute Gasteiger partial charge is 0.329 e. The Balaban J connectivity index is 1.61. The zero-order chi connectivity index (χ0) is 13.4. The molecule has 100 valence electrons. The molecule has 0 aromatic carbocycles. The third-order valence-corrected chi connectivity index (χ3v) is 3.87. The summed E-state index contributed by atoms with van der Waals surface area (Å²) < 4.78 is 0. The Kier molecular flexibility index (Phi) is 2.94. The zero-order valence-corrected chi connectivity index (χ0v) is 10.7. The highest BCUT2D eigenvalue weighted by Crippen LogP contribution is 2.27. The highest BCUT2D eigenvalue weighted by atomic mass is 16.2. The second-order valence-electron chi connectivity index (χ2n) is 4.99. The van der Waals surface area contributed by atoms with Gasteiger partial charge < -0.3 is 5.32 Å². The van der Waals surface area contributed by atoms with E-state index in [4.69, 9.17) is 0 Å². The molecule has 0 radical (unpaired) electrons. The molecule has 6 nitrogen and oxygen atoms in total. The minimum atomic E-state index is -0.258. The third-order valence-electron chi connectivity index (χ3n) is 3.87. The van der Waals surface area contributed by atoms with Gasteiger partial charge in [0.05, 0.1) is 12.6 Å². The smallest absolute Gasteiger partial charge is 0.324 e. The van der Waals surface area contributed by atoms with Crippen LogP contribution in [0.4, 0.5) is 4.79 Å². The monoisotopic (exact) mass is 260 g/mol. The predicted molar refractivity (Wildman–Crippen MR) is 68.3 cm³/mol. The van der Waals surface area contributed by atoms with E-state index in [0.717, 1.165) is 13.1 Å². The second-order valence-corrected chi connectivity index (χ2v) is 4.99. The molecular formula is C13H16N4O2. The van der Waals surface area contributed by atoms with Crippen LogP contribution in [0.3, 0.4) is 0 Å². The standard InChI is InChI=1S/C13H16N4O2/c1-9(10-2-4-14-5-3-10)16-7-11(8-16)17-12(18)6-15-13(17)19/h2-5,9,11H,6-8H2,1H3,(H,15,19). The van der Waals surface area contributed by atoms with Gasteiger partial charge in [-0.15, -0.1) is 0 Å². The maximum atomic E-state index is 11.6. The van der Waals surface area contributed by atoms with Crippen molar-refractivity contribution in [2.45, 2.75) is 19.0 Å². The molecule has 2 fully saturated rings. The molecular weight excluding hydrogens is 244 g/mol. The van der Waals surface area contributed by atoms with Crippen LogP contribution in [0.1, 0.15) is 18.5 Å². The van der Waals surface area contributed by atoms with Gasteiger partial charge in [-0.3, -0.25) is 19.6 Å². The van der Waals surface area contributed by atoms with E-state index < -0.39 is 0 Å². The highest BCUT2D eigenvalue weighted by molar-refractivity contribution is 6.02. The number of amides is 3. The summed E-state index contributed by atoms with van der Waals surface area (Å²) in [5.74, 6) is -0.119. The van der Waals surface area contributed by atoms with Crippen LogP contribution in [0.5, 0.6) is 0 Å². The van der Waals surface area contributed by atoms with E-state index in [2.05, 4.69) is 22.1 Å². The second kappa shape index (κ2) is 4.62. The first-order valence-corrected chi connectivity index (χ1v) is 6.40. The van der Waals surface area contributed by atoms with E-state index in [-0.39, 0.29) is 30.6 Å². The third kappa shape index (κ3) is 2.08. The van der Waals surface area contributed by atoms with Crippen LogP contribution in [0.15, 0.2) is 24.5 Å². The number of hydrogen-bond acceptors (Lipinski definition) is 4. The molecule has 1 atom stereocenters. The average molecular weight is 260 g/mol. The van der Waals surface area contributed by atoms with Crippen molar-refractivity contribution in [2.24, 2.45) is 0 Å². The molecule has 2 saturated heterocycles. The van der Waals surface area contributed by atoms with Gasteiger partial charge in [0.1, 0.15) is 0 Å². The molecule has 0 aliphatic carbocycles. The van der Waals surface area contributed by atoms with E-state index >= 15 is 0 Å². The van der Waals surface area contributed by atoms with Crippen molar-refractivity contribution in [2.75, 3.05) is 19.6 Å². The van der Waals surface area contributed by atoms with E-state index in [1.54, 1.807) is 12.4 Å². The van der Waals surface area contributed by atoms with Gasteiger partial charge in [-0.05, 0) is 24.6 Å². The number of likely N-dealkylation sites (tertiary alicyclic amines) is 1. The number of aromatic nitrogens is 1. The van der Waals surface area contributed by atoms with Gasteiger partial charge in [0.25, 0.3) is 0 Å². The quantitative estimate of drug-likeness (QED) is 0.798. The number of pyridine rings is 1. The summed E-state index contributed by atoms with van der Waals surface area (Å²) in [6, 6.07) is 4.02. The lowest BCUT2D eigenvalue weighted by Gasteiger charge is -2.45. The van der Waals surface area contributed by atoms with Gasteiger partial charge in [-0.25, -0.2) is 4.79 Å². The Labute approximate surface area is 111 Å². The number of urea groups is 1. The number of nitrogens with one attached hydrogen (secondary N) is 1. The van der Waals surface area contributed by atoms with Crippen LogP contribution in [-0.4, -0.2) is 52.4 Å². The fourth-order valence-electron chi connectivity index (χ4n) is 2.62. The lowest BCUT2D eigenvalue weighted by Crippen LogP contribution is -2.61. The topological polar surface area (TPSA) is 65.5 Å². The fraction of sp³-hybridized carbons (Fsp3) is 0.462. The maximum absolute atomic E-state index is 11.6. The first kappa shape index (κ1) is 12.1. The van der Waals surface area contributed by atoms with Crippen molar-refractivity contribution in [1.82, 2.24) is 20.1 Å². The molecule has 3 heterocycles. The molecule has 1 N–H and O–H groups in total. The summed E-state index contributed by atoms with van der Waals surface area (Å²) in [5.41, 5.74) is 1.20. The molecule has 0 bridgehead atoms. The van der Waals surface area contributed by atoms with Crippen LogP contribution < -0.4 is 5.32 Å². The summed E-state index contributed by atoms with van der Waals surface area (Å²) >= 11 is 0. The number of carbonyl (C=O) groups excluding carboxylic acids is 2. The number of carbonyl (C=O) groups is 2. The molecule has 19 heavy (non-hydrogen) atoms. The van der Waals surface area contributed by atoms with Crippen molar-refractivity contribution in [3.8, 4) is 0 Å². The molecule has 0 spiro atoms. The minimum Gasteiger partial charge on any atom is -0.329 e.